The molecular weight excluding hydrogens is 172 g/mol. The number of aryl methyl sites for hydroxylation is 3. The summed E-state index contributed by atoms with van der Waals surface area (Å²) >= 11 is 0. The monoisotopic (exact) mass is 188 g/mol. The highest BCUT2D eigenvalue weighted by molar-refractivity contribution is 5.79. The van der Waals surface area contributed by atoms with E-state index in [9.17, 15) is 0 Å². The zero-order chi connectivity index (χ0) is 10.1. The Balaban J connectivity index is 2.66. The molecule has 0 unspecified atom stereocenters. The second-order valence-electron chi connectivity index (χ2n) is 3.89. The Bertz CT molecular complexity index is 455. The summed E-state index contributed by atoms with van der Waals surface area (Å²) in [5.41, 5.74) is 4.91. The first-order chi connectivity index (χ1) is 6.72. The molecule has 0 N–H and O–H groups in total. The molecule has 0 saturated carbocycles. The number of hydrogen-bond donors (Lipinski definition) is 0. The summed E-state index contributed by atoms with van der Waals surface area (Å²) in [4.78, 5) is 4.46. The Kier molecular flexibility index (Phi) is 2.28. The second-order valence-corrected chi connectivity index (χ2v) is 3.89. The second kappa shape index (κ2) is 3.45. The zero-order valence-electron chi connectivity index (χ0n) is 9.04. The maximum atomic E-state index is 4.46. The van der Waals surface area contributed by atoms with Gasteiger partial charge in [0.05, 0.1) is 11.0 Å². The van der Waals surface area contributed by atoms with Crippen LogP contribution in [0.15, 0.2) is 18.5 Å². The summed E-state index contributed by atoms with van der Waals surface area (Å²) < 4.78 is 2.30. The van der Waals surface area contributed by atoms with Gasteiger partial charge in [-0.2, -0.15) is 0 Å². The van der Waals surface area contributed by atoms with Crippen molar-refractivity contribution in [2.45, 2.75) is 33.7 Å². The molecule has 0 atom stereocenters. The Labute approximate surface area is 84.6 Å². The average Bonchev–Trinajstić information content (AvgIpc) is 2.44. The lowest BCUT2D eigenvalue weighted by Gasteiger charge is -2.02. The average molecular weight is 188 g/mol. The van der Waals surface area contributed by atoms with E-state index in [1.807, 2.05) is 6.20 Å². The molecule has 2 rings (SSSR count). The summed E-state index contributed by atoms with van der Waals surface area (Å²) in [6.45, 7) is 7.49. The van der Waals surface area contributed by atoms with Crippen LogP contribution in [0, 0.1) is 13.8 Å². The number of rotatable bonds is 2. The topological polar surface area (TPSA) is 17.8 Å². The molecule has 2 heterocycles. The van der Waals surface area contributed by atoms with Gasteiger partial charge in [0, 0.05) is 18.9 Å². The van der Waals surface area contributed by atoms with Gasteiger partial charge in [0.25, 0.3) is 0 Å². The van der Waals surface area contributed by atoms with Gasteiger partial charge in [0.1, 0.15) is 0 Å². The fraction of sp³-hybridized carbons (Fsp3) is 0.417. The van der Waals surface area contributed by atoms with Crippen molar-refractivity contribution >= 4 is 11.0 Å². The zero-order valence-corrected chi connectivity index (χ0v) is 9.04. The number of pyridine rings is 1. The van der Waals surface area contributed by atoms with Crippen molar-refractivity contribution in [1.82, 2.24) is 9.55 Å². The molecule has 0 bridgehead atoms. The molecule has 0 radical (unpaired) electrons. The SMILES string of the molecule is CCCn1cc(C)c2ncc(C)cc21. The van der Waals surface area contributed by atoms with Gasteiger partial charge in [-0.25, -0.2) is 0 Å². The molecule has 2 aromatic heterocycles. The van der Waals surface area contributed by atoms with Gasteiger partial charge < -0.3 is 4.57 Å². The van der Waals surface area contributed by atoms with Gasteiger partial charge >= 0.3 is 0 Å². The van der Waals surface area contributed by atoms with Gasteiger partial charge in [0.15, 0.2) is 0 Å². The van der Waals surface area contributed by atoms with Crippen LogP contribution in [0.5, 0.6) is 0 Å². The molecule has 74 valence electrons. The Morgan fingerprint density at radius 1 is 1.36 bits per heavy atom. The smallest absolute Gasteiger partial charge is 0.0910 e. The molecule has 0 fully saturated rings. The van der Waals surface area contributed by atoms with Crippen molar-refractivity contribution in [3.8, 4) is 0 Å². The van der Waals surface area contributed by atoms with Crippen LogP contribution in [-0.2, 0) is 6.54 Å². The molecule has 2 nitrogen and oxygen atoms in total. The molecule has 0 spiro atoms. The van der Waals surface area contributed by atoms with Gasteiger partial charge in [-0.3, -0.25) is 4.98 Å². The van der Waals surface area contributed by atoms with E-state index in [0.29, 0.717) is 0 Å². The van der Waals surface area contributed by atoms with Crippen LogP contribution < -0.4 is 0 Å². The summed E-state index contributed by atoms with van der Waals surface area (Å²) in [7, 11) is 0. The van der Waals surface area contributed by atoms with E-state index >= 15 is 0 Å². The van der Waals surface area contributed by atoms with Gasteiger partial charge in [-0.1, -0.05) is 6.92 Å². The number of nitrogens with zero attached hydrogens (tertiary/aromatic N) is 2. The maximum absolute atomic E-state index is 4.46. The van der Waals surface area contributed by atoms with E-state index in [0.717, 1.165) is 18.5 Å². The van der Waals surface area contributed by atoms with Crippen LogP contribution in [0.1, 0.15) is 24.5 Å². The highest BCUT2D eigenvalue weighted by Gasteiger charge is 2.05. The van der Waals surface area contributed by atoms with Crippen molar-refractivity contribution in [3.63, 3.8) is 0 Å². The van der Waals surface area contributed by atoms with E-state index < -0.39 is 0 Å². The lowest BCUT2D eigenvalue weighted by molar-refractivity contribution is 0.702. The Morgan fingerprint density at radius 3 is 2.86 bits per heavy atom. The molecule has 0 aromatic carbocycles. The van der Waals surface area contributed by atoms with E-state index in [4.69, 9.17) is 0 Å². The van der Waals surface area contributed by atoms with E-state index in [2.05, 4.69) is 42.6 Å². The van der Waals surface area contributed by atoms with Crippen LogP contribution in [-0.4, -0.2) is 9.55 Å². The molecule has 0 amide bonds. The number of aromatic nitrogens is 2. The Morgan fingerprint density at radius 2 is 2.14 bits per heavy atom. The molecule has 0 aliphatic rings. The van der Waals surface area contributed by atoms with Crippen LogP contribution in [0.3, 0.4) is 0 Å². The maximum Gasteiger partial charge on any atom is 0.0910 e. The van der Waals surface area contributed by atoms with E-state index in [1.165, 1.54) is 16.6 Å². The minimum atomic E-state index is 1.08. The highest BCUT2D eigenvalue weighted by atomic mass is 15.0. The fourth-order valence-electron chi connectivity index (χ4n) is 1.87. The highest BCUT2D eigenvalue weighted by Crippen LogP contribution is 2.19. The third-order valence-electron chi connectivity index (χ3n) is 2.50. The lowest BCUT2D eigenvalue weighted by Crippen LogP contribution is -1.94. The van der Waals surface area contributed by atoms with Crippen molar-refractivity contribution < 1.29 is 0 Å². The first-order valence-electron chi connectivity index (χ1n) is 5.14. The van der Waals surface area contributed by atoms with Crippen molar-refractivity contribution in [1.29, 1.82) is 0 Å². The predicted molar refractivity (Wildman–Crippen MR) is 59.5 cm³/mol. The molecule has 14 heavy (non-hydrogen) atoms. The largest absolute Gasteiger partial charge is 0.346 e. The van der Waals surface area contributed by atoms with Crippen LogP contribution in [0.4, 0.5) is 0 Å². The van der Waals surface area contributed by atoms with Gasteiger partial charge in [-0.05, 0) is 37.5 Å². The minimum absolute atomic E-state index is 1.08. The van der Waals surface area contributed by atoms with Crippen molar-refractivity contribution in [2.24, 2.45) is 0 Å². The van der Waals surface area contributed by atoms with Crippen LogP contribution in [0.2, 0.25) is 0 Å². The quantitative estimate of drug-likeness (QED) is 0.708. The molecule has 0 aliphatic carbocycles. The summed E-state index contributed by atoms with van der Waals surface area (Å²) in [6.07, 6.45) is 5.30. The normalized spacial score (nSPS) is 11.1. The van der Waals surface area contributed by atoms with Gasteiger partial charge in [0.2, 0.25) is 0 Å². The third kappa shape index (κ3) is 1.41. The summed E-state index contributed by atoms with van der Waals surface area (Å²) in [5, 5.41) is 0. The fourth-order valence-corrected chi connectivity index (χ4v) is 1.87. The predicted octanol–water partition coefficient (Wildman–Crippen LogP) is 3.06. The molecule has 2 aromatic rings. The first-order valence-corrected chi connectivity index (χ1v) is 5.14. The van der Waals surface area contributed by atoms with E-state index in [-0.39, 0.29) is 0 Å². The van der Waals surface area contributed by atoms with E-state index in [1.54, 1.807) is 0 Å². The Hall–Kier alpha value is -1.31. The number of hydrogen-bond acceptors (Lipinski definition) is 1. The first kappa shape index (κ1) is 9.25. The van der Waals surface area contributed by atoms with Crippen LogP contribution >= 0.6 is 0 Å². The third-order valence-corrected chi connectivity index (χ3v) is 2.50. The molecule has 2 heteroatoms. The van der Waals surface area contributed by atoms with Crippen molar-refractivity contribution in [3.05, 3.63) is 29.6 Å². The van der Waals surface area contributed by atoms with Gasteiger partial charge in [-0.15, -0.1) is 0 Å². The number of fused-ring (bicyclic) bond motifs is 1. The summed E-state index contributed by atoms with van der Waals surface area (Å²) in [6, 6.07) is 2.21. The lowest BCUT2D eigenvalue weighted by atomic mass is 10.2. The molecular formula is C12H16N2. The molecule has 0 saturated heterocycles. The van der Waals surface area contributed by atoms with Crippen molar-refractivity contribution in [2.75, 3.05) is 0 Å². The standard InChI is InChI=1S/C12H16N2/c1-4-5-14-8-10(3)12-11(14)6-9(2)7-13-12/h6-8H,4-5H2,1-3H3. The molecule has 0 aliphatic heterocycles. The summed E-state index contributed by atoms with van der Waals surface area (Å²) in [5.74, 6) is 0. The minimum Gasteiger partial charge on any atom is -0.346 e. The van der Waals surface area contributed by atoms with Crippen LogP contribution in [0.25, 0.3) is 11.0 Å².